The lowest BCUT2D eigenvalue weighted by atomic mass is 9.95. The van der Waals surface area contributed by atoms with Crippen LogP contribution in [0.3, 0.4) is 0 Å². The number of hydrogen-bond acceptors (Lipinski definition) is 3. The minimum atomic E-state index is -1.34. The van der Waals surface area contributed by atoms with E-state index in [2.05, 4.69) is 0 Å². The molecule has 1 unspecified atom stereocenters. The molecule has 4 nitrogen and oxygen atoms in total. The summed E-state index contributed by atoms with van der Waals surface area (Å²) in [6.07, 6.45) is -0.0867. The molecular weight excluding hydrogens is 244 g/mol. The van der Waals surface area contributed by atoms with Gasteiger partial charge < -0.3 is 14.6 Å². The number of ether oxygens (including phenoxy) is 2. The van der Waals surface area contributed by atoms with Crippen LogP contribution in [0.15, 0.2) is 24.3 Å². The van der Waals surface area contributed by atoms with E-state index in [0.717, 1.165) is 5.75 Å². The third-order valence-corrected chi connectivity index (χ3v) is 2.66. The van der Waals surface area contributed by atoms with E-state index in [1.165, 1.54) is 0 Å². The van der Waals surface area contributed by atoms with Crippen LogP contribution in [0, 0.1) is 0 Å². The number of benzene rings is 1. The molecule has 1 aromatic rings. The summed E-state index contributed by atoms with van der Waals surface area (Å²) in [6, 6.07) is 6.99. The quantitative estimate of drug-likeness (QED) is 0.859. The number of rotatable bonds is 6. The highest BCUT2D eigenvalue weighted by atomic mass is 16.5. The zero-order valence-corrected chi connectivity index (χ0v) is 12.1. The molecule has 0 aliphatic carbocycles. The summed E-state index contributed by atoms with van der Waals surface area (Å²) < 4.78 is 11.1. The molecule has 1 atom stereocenters. The summed E-state index contributed by atoms with van der Waals surface area (Å²) in [6.45, 7) is 9.08. The summed E-state index contributed by atoms with van der Waals surface area (Å²) in [5.41, 5.74) is -0.741. The van der Waals surface area contributed by atoms with E-state index in [1.807, 2.05) is 27.7 Å². The minimum absolute atomic E-state index is 0.0867. The van der Waals surface area contributed by atoms with Gasteiger partial charge in [-0.05, 0) is 52.3 Å². The normalized spacial score (nSPS) is 14.5. The molecule has 19 heavy (non-hydrogen) atoms. The molecule has 0 spiro atoms. The molecule has 0 saturated heterocycles. The van der Waals surface area contributed by atoms with Crippen molar-refractivity contribution in [3.05, 3.63) is 29.8 Å². The fraction of sp³-hybridized carbons (Fsp3) is 0.533. The van der Waals surface area contributed by atoms with Crippen LogP contribution in [0.4, 0.5) is 0 Å². The van der Waals surface area contributed by atoms with Crippen molar-refractivity contribution < 1.29 is 19.4 Å². The van der Waals surface area contributed by atoms with Gasteiger partial charge in [-0.2, -0.15) is 0 Å². The van der Waals surface area contributed by atoms with E-state index in [-0.39, 0.29) is 12.2 Å². The maximum atomic E-state index is 11.5. The van der Waals surface area contributed by atoms with Crippen LogP contribution in [0.5, 0.6) is 5.75 Å². The average molecular weight is 266 g/mol. The van der Waals surface area contributed by atoms with Crippen LogP contribution in [0.25, 0.3) is 0 Å². The van der Waals surface area contributed by atoms with Gasteiger partial charge in [0, 0.05) is 0 Å². The molecule has 0 radical (unpaired) electrons. The fourth-order valence-corrected chi connectivity index (χ4v) is 1.84. The first kappa shape index (κ1) is 15.5. The Hall–Kier alpha value is -1.55. The summed E-state index contributed by atoms with van der Waals surface area (Å²) in [4.78, 5) is 11.5. The third-order valence-electron chi connectivity index (χ3n) is 2.66. The molecule has 0 saturated carbocycles. The molecule has 0 amide bonds. The summed E-state index contributed by atoms with van der Waals surface area (Å²) in [5.74, 6) is -0.283. The average Bonchev–Trinajstić information content (AvgIpc) is 2.27. The van der Waals surface area contributed by atoms with Crippen molar-refractivity contribution in [2.75, 3.05) is 0 Å². The fourth-order valence-electron chi connectivity index (χ4n) is 1.84. The van der Waals surface area contributed by atoms with Gasteiger partial charge in [0.15, 0.2) is 5.60 Å². The lowest BCUT2D eigenvalue weighted by molar-refractivity contribution is -0.170. The van der Waals surface area contributed by atoms with Crippen LogP contribution < -0.4 is 4.74 Å². The van der Waals surface area contributed by atoms with Crippen LogP contribution in [-0.4, -0.2) is 23.3 Å². The van der Waals surface area contributed by atoms with Gasteiger partial charge in [-0.25, -0.2) is 4.79 Å². The van der Waals surface area contributed by atoms with Gasteiger partial charge in [0.2, 0.25) is 0 Å². The van der Waals surface area contributed by atoms with E-state index in [0.29, 0.717) is 5.56 Å². The van der Waals surface area contributed by atoms with E-state index in [9.17, 15) is 9.90 Å². The zero-order valence-electron chi connectivity index (χ0n) is 12.1. The van der Waals surface area contributed by atoms with Crippen LogP contribution >= 0.6 is 0 Å². The van der Waals surface area contributed by atoms with Crippen molar-refractivity contribution in [1.82, 2.24) is 0 Å². The van der Waals surface area contributed by atoms with Gasteiger partial charge in [-0.1, -0.05) is 12.1 Å². The van der Waals surface area contributed by atoms with Crippen LogP contribution in [0.1, 0.15) is 40.2 Å². The smallest absolute Gasteiger partial charge is 0.340 e. The number of hydrogen-bond donors (Lipinski definition) is 1. The molecule has 0 bridgehead atoms. The summed E-state index contributed by atoms with van der Waals surface area (Å²) >= 11 is 0. The Morgan fingerprint density at radius 1 is 1.11 bits per heavy atom. The third kappa shape index (κ3) is 3.96. The van der Waals surface area contributed by atoms with E-state index in [1.54, 1.807) is 31.2 Å². The first-order chi connectivity index (χ1) is 8.75. The highest BCUT2D eigenvalue weighted by Crippen LogP contribution is 2.29. The molecule has 0 fully saturated rings. The molecule has 4 heteroatoms. The Kier molecular flexibility index (Phi) is 4.95. The number of carboxylic acids is 1. The van der Waals surface area contributed by atoms with Gasteiger partial charge in [0.05, 0.1) is 12.2 Å². The maximum Gasteiger partial charge on any atom is 0.340 e. The molecule has 0 heterocycles. The molecule has 0 aliphatic rings. The Morgan fingerprint density at radius 2 is 1.63 bits per heavy atom. The Balaban J connectivity index is 3.01. The highest BCUT2D eigenvalue weighted by Gasteiger charge is 2.37. The van der Waals surface area contributed by atoms with Gasteiger partial charge in [0.25, 0.3) is 0 Å². The van der Waals surface area contributed by atoms with E-state index in [4.69, 9.17) is 9.47 Å². The van der Waals surface area contributed by atoms with Gasteiger partial charge in [0.1, 0.15) is 5.75 Å². The number of carboxylic acid groups (broad SMARTS) is 1. The Morgan fingerprint density at radius 3 is 2.00 bits per heavy atom. The van der Waals surface area contributed by atoms with Crippen LogP contribution in [-0.2, 0) is 15.1 Å². The molecule has 0 aromatic heterocycles. The second-order valence-corrected chi connectivity index (χ2v) is 5.20. The molecular formula is C15H22O4. The van der Waals surface area contributed by atoms with Crippen LogP contribution in [0.2, 0.25) is 0 Å². The molecule has 0 aliphatic heterocycles. The predicted molar refractivity (Wildman–Crippen MR) is 73.4 cm³/mol. The first-order valence-corrected chi connectivity index (χ1v) is 6.44. The van der Waals surface area contributed by atoms with Gasteiger partial charge in [-0.3, -0.25) is 0 Å². The molecule has 1 rings (SSSR count). The van der Waals surface area contributed by atoms with Crippen molar-refractivity contribution in [3.8, 4) is 5.75 Å². The maximum absolute atomic E-state index is 11.5. The predicted octanol–water partition coefficient (Wildman–Crippen LogP) is 3.20. The zero-order chi connectivity index (χ0) is 14.6. The SMILES string of the molecule is CC(C)Oc1ccc(C(C)(OC(C)C)C(=O)O)cc1. The second kappa shape index (κ2) is 6.06. The number of aliphatic carboxylic acids is 1. The Bertz CT molecular complexity index is 422. The van der Waals surface area contributed by atoms with E-state index < -0.39 is 11.6 Å². The highest BCUT2D eigenvalue weighted by molar-refractivity contribution is 5.79. The Labute approximate surface area is 114 Å². The topological polar surface area (TPSA) is 55.8 Å². The van der Waals surface area contributed by atoms with Crippen molar-refractivity contribution in [3.63, 3.8) is 0 Å². The first-order valence-electron chi connectivity index (χ1n) is 6.44. The summed E-state index contributed by atoms with van der Waals surface area (Å²) in [7, 11) is 0. The standard InChI is InChI=1S/C15H22O4/c1-10(2)18-13-8-6-12(7-9-13)15(5,14(16)17)19-11(3)4/h6-11H,1-5H3,(H,16,17). The van der Waals surface area contributed by atoms with Crippen molar-refractivity contribution in [2.45, 2.75) is 52.4 Å². The van der Waals surface area contributed by atoms with E-state index >= 15 is 0 Å². The monoisotopic (exact) mass is 266 g/mol. The lowest BCUT2D eigenvalue weighted by Gasteiger charge is -2.28. The van der Waals surface area contributed by atoms with Gasteiger partial charge >= 0.3 is 5.97 Å². The van der Waals surface area contributed by atoms with Crippen molar-refractivity contribution >= 4 is 5.97 Å². The molecule has 1 aromatic carbocycles. The van der Waals surface area contributed by atoms with Gasteiger partial charge in [-0.15, -0.1) is 0 Å². The van der Waals surface area contributed by atoms with Crippen molar-refractivity contribution in [2.24, 2.45) is 0 Å². The van der Waals surface area contributed by atoms with Crippen molar-refractivity contribution in [1.29, 1.82) is 0 Å². The summed E-state index contributed by atoms with van der Waals surface area (Å²) in [5, 5.41) is 9.39. The lowest BCUT2D eigenvalue weighted by Crippen LogP contribution is -2.37. The molecule has 1 N–H and O–H groups in total. The largest absolute Gasteiger partial charge is 0.491 e. The number of carbonyl (C=O) groups is 1. The minimum Gasteiger partial charge on any atom is -0.491 e. The molecule has 106 valence electrons. The second-order valence-electron chi connectivity index (χ2n) is 5.20.